The first-order valence-electron chi connectivity index (χ1n) is 9.94. The molecule has 2 amide bonds. The van der Waals surface area contributed by atoms with Gasteiger partial charge in [0.15, 0.2) is 5.78 Å². The van der Waals surface area contributed by atoms with Gasteiger partial charge in [-0.3, -0.25) is 9.10 Å². The molecule has 30 heavy (non-hydrogen) atoms. The van der Waals surface area contributed by atoms with E-state index in [1.54, 1.807) is 29.2 Å². The predicted octanol–water partition coefficient (Wildman–Crippen LogP) is 3.23. The Labute approximate surface area is 176 Å². The summed E-state index contributed by atoms with van der Waals surface area (Å²) in [7, 11) is -3.36. The molecule has 1 fully saturated rings. The minimum atomic E-state index is -3.36. The number of sulfonamides is 1. The third-order valence-electron chi connectivity index (χ3n) is 6.14. The van der Waals surface area contributed by atoms with E-state index in [1.807, 2.05) is 24.3 Å². The Kier molecular flexibility index (Phi) is 5.05. The van der Waals surface area contributed by atoms with E-state index in [9.17, 15) is 18.0 Å². The van der Waals surface area contributed by atoms with Crippen LogP contribution < -0.4 is 9.62 Å². The largest absolute Gasteiger partial charge is 0.324 e. The van der Waals surface area contributed by atoms with E-state index in [4.69, 9.17) is 0 Å². The van der Waals surface area contributed by atoms with Gasteiger partial charge >= 0.3 is 6.03 Å². The van der Waals surface area contributed by atoms with Crippen LogP contribution >= 0.6 is 0 Å². The molecule has 2 aromatic carbocycles. The number of hydrogen-bond donors (Lipinski definition) is 1. The number of nitrogens with zero attached hydrogens (tertiary/aromatic N) is 2. The molecule has 0 radical (unpaired) electrons. The smallest absolute Gasteiger partial charge is 0.321 e. The summed E-state index contributed by atoms with van der Waals surface area (Å²) in [6.45, 7) is 3.02. The lowest BCUT2D eigenvalue weighted by Gasteiger charge is -2.39. The van der Waals surface area contributed by atoms with Crippen LogP contribution in [0.2, 0.25) is 0 Å². The van der Waals surface area contributed by atoms with Crippen molar-refractivity contribution in [3.8, 4) is 0 Å². The molecule has 0 aromatic heterocycles. The number of benzene rings is 2. The average molecular weight is 428 g/mol. The highest BCUT2D eigenvalue weighted by Gasteiger charge is 2.47. The first kappa shape index (κ1) is 20.4. The summed E-state index contributed by atoms with van der Waals surface area (Å²) in [4.78, 5) is 25.8. The van der Waals surface area contributed by atoms with E-state index in [2.05, 4.69) is 5.32 Å². The maximum atomic E-state index is 12.7. The predicted molar refractivity (Wildman–Crippen MR) is 117 cm³/mol. The second-order valence-corrected chi connectivity index (χ2v) is 10.0. The fraction of sp³-hybridized carbons (Fsp3) is 0.364. The Bertz CT molecular complexity index is 1090. The highest BCUT2D eigenvalue weighted by Crippen LogP contribution is 2.47. The van der Waals surface area contributed by atoms with Crippen LogP contribution in [0.5, 0.6) is 0 Å². The number of carbonyl (C=O) groups excluding carboxylic acids is 2. The highest BCUT2D eigenvalue weighted by atomic mass is 32.2. The van der Waals surface area contributed by atoms with Crippen LogP contribution in [0.25, 0.3) is 0 Å². The van der Waals surface area contributed by atoms with Crippen molar-refractivity contribution in [3.05, 3.63) is 59.7 Å². The maximum Gasteiger partial charge on any atom is 0.321 e. The summed E-state index contributed by atoms with van der Waals surface area (Å²) in [5.41, 5.74) is 2.78. The van der Waals surface area contributed by atoms with Crippen molar-refractivity contribution >= 4 is 33.2 Å². The first-order valence-corrected chi connectivity index (χ1v) is 11.8. The van der Waals surface area contributed by atoms with Crippen molar-refractivity contribution in [3.63, 3.8) is 0 Å². The second kappa shape index (κ2) is 7.43. The number of carbonyl (C=O) groups is 2. The third kappa shape index (κ3) is 3.67. The van der Waals surface area contributed by atoms with Gasteiger partial charge < -0.3 is 10.2 Å². The van der Waals surface area contributed by atoms with Crippen molar-refractivity contribution in [1.29, 1.82) is 0 Å². The van der Waals surface area contributed by atoms with E-state index >= 15 is 0 Å². The Balaban J connectivity index is 1.46. The van der Waals surface area contributed by atoms with Gasteiger partial charge in [0.1, 0.15) is 0 Å². The normalized spacial score (nSPS) is 17.7. The van der Waals surface area contributed by atoms with Gasteiger partial charge in [0.25, 0.3) is 0 Å². The zero-order valence-electron chi connectivity index (χ0n) is 17.1. The van der Waals surface area contributed by atoms with E-state index in [0.717, 1.165) is 11.3 Å². The number of amides is 2. The number of Topliss-reactive ketones (excluding diaryl/α,β-unsaturated/α-hetero) is 1. The van der Waals surface area contributed by atoms with Crippen LogP contribution in [0.1, 0.15) is 35.7 Å². The average Bonchev–Trinajstić information content (AvgIpc) is 3.04. The van der Waals surface area contributed by atoms with Crippen LogP contribution in [0, 0.1) is 0 Å². The first-order chi connectivity index (χ1) is 14.2. The number of ketones is 1. The van der Waals surface area contributed by atoms with E-state index in [0.29, 0.717) is 43.7 Å². The Morgan fingerprint density at radius 3 is 2.23 bits per heavy atom. The molecule has 0 bridgehead atoms. The summed E-state index contributed by atoms with van der Waals surface area (Å²) in [6.07, 6.45) is 2.64. The van der Waals surface area contributed by atoms with Gasteiger partial charge in [-0.2, -0.15) is 0 Å². The monoisotopic (exact) mass is 427 g/mol. The minimum Gasteiger partial charge on any atom is -0.324 e. The maximum absolute atomic E-state index is 12.7. The molecule has 2 heterocycles. The quantitative estimate of drug-likeness (QED) is 0.762. The molecule has 1 spiro atoms. The van der Waals surface area contributed by atoms with Gasteiger partial charge in [0.05, 0.1) is 11.9 Å². The van der Waals surface area contributed by atoms with Crippen LogP contribution in [0.15, 0.2) is 48.5 Å². The van der Waals surface area contributed by atoms with Crippen LogP contribution in [-0.2, 0) is 15.4 Å². The standard InChI is InChI=1S/C22H25N3O4S/c1-16(26)17-7-9-18(10-8-17)23-21(27)24-13-11-22(12-14-24)15-25(30(2,28)29)20-6-4-3-5-19(20)22/h3-10H,11-15H2,1-2H3,(H,23,27). The molecule has 1 saturated heterocycles. The van der Waals surface area contributed by atoms with Crippen molar-refractivity contribution in [2.24, 2.45) is 0 Å². The van der Waals surface area contributed by atoms with Gasteiger partial charge in [-0.1, -0.05) is 18.2 Å². The summed E-state index contributed by atoms with van der Waals surface area (Å²) in [5.74, 6) is -0.0193. The summed E-state index contributed by atoms with van der Waals surface area (Å²) >= 11 is 0. The number of piperidine rings is 1. The lowest BCUT2D eigenvalue weighted by Crippen LogP contribution is -2.48. The van der Waals surface area contributed by atoms with Crippen LogP contribution in [0.3, 0.4) is 0 Å². The van der Waals surface area contributed by atoms with E-state index < -0.39 is 10.0 Å². The molecular formula is C22H25N3O4S. The van der Waals surface area contributed by atoms with E-state index in [1.165, 1.54) is 17.5 Å². The van der Waals surface area contributed by atoms with Gasteiger partial charge in [-0.05, 0) is 55.7 Å². The number of fused-ring (bicyclic) bond motifs is 2. The fourth-order valence-corrected chi connectivity index (χ4v) is 5.43. The van der Waals surface area contributed by atoms with Crippen molar-refractivity contribution in [1.82, 2.24) is 4.90 Å². The van der Waals surface area contributed by atoms with Crippen LogP contribution in [0.4, 0.5) is 16.2 Å². The summed E-state index contributed by atoms with van der Waals surface area (Å²) in [5, 5.41) is 2.88. The molecule has 0 aliphatic carbocycles. The summed E-state index contributed by atoms with van der Waals surface area (Å²) < 4.78 is 26.1. The lowest BCUT2D eigenvalue weighted by atomic mass is 9.74. The van der Waals surface area contributed by atoms with Crippen molar-refractivity contribution in [2.45, 2.75) is 25.2 Å². The molecule has 7 nitrogen and oxygen atoms in total. The number of anilines is 2. The molecule has 8 heteroatoms. The summed E-state index contributed by atoms with van der Waals surface area (Å²) in [6, 6.07) is 14.3. The molecule has 4 rings (SSSR count). The second-order valence-electron chi connectivity index (χ2n) is 8.12. The topological polar surface area (TPSA) is 86.8 Å². The lowest BCUT2D eigenvalue weighted by molar-refractivity contribution is 0.101. The molecule has 158 valence electrons. The Morgan fingerprint density at radius 2 is 1.63 bits per heavy atom. The Morgan fingerprint density at radius 1 is 1.00 bits per heavy atom. The number of hydrogen-bond acceptors (Lipinski definition) is 4. The zero-order valence-corrected chi connectivity index (χ0v) is 17.9. The molecule has 1 N–H and O–H groups in total. The number of likely N-dealkylation sites (tertiary alicyclic amines) is 1. The molecular weight excluding hydrogens is 402 g/mol. The molecule has 0 unspecified atom stereocenters. The third-order valence-corrected chi connectivity index (χ3v) is 7.27. The zero-order chi connectivity index (χ0) is 21.5. The van der Waals surface area contributed by atoms with E-state index in [-0.39, 0.29) is 17.2 Å². The SMILES string of the molecule is CC(=O)c1ccc(NC(=O)N2CCC3(CC2)CN(S(C)(=O)=O)c2ccccc23)cc1. The molecule has 2 aliphatic heterocycles. The van der Waals surface area contributed by atoms with Crippen molar-refractivity contribution in [2.75, 3.05) is 35.5 Å². The molecule has 0 atom stereocenters. The van der Waals surface area contributed by atoms with Gasteiger partial charge in [0, 0.05) is 36.3 Å². The van der Waals surface area contributed by atoms with Crippen LogP contribution in [-0.4, -0.2) is 51.0 Å². The molecule has 0 saturated carbocycles. The van der Waals surface area contributed by atoms with Gasteiger partial charge in [0.2, 0.25) is 10.0 Å². The number of para-hydroxylation sites is 1. The Hall–Kier alpha value is -2.87. The number of nitrogens with one attached hydrogen (secondary N) is 1. The minimum absolute atomic E-state index is 0.0193. The molecule has 2 aromatic rings. The number of urea groups is 1. The van der Waals surface area contributed by atoms with Crippen molar-refractivity contribution < 1.29 is 18.0 Å². The molecule has 2 aliphatic rings. The van der Waals surface area contributed by atoms with Gasteiger partial charge in [-0.25, -0.2) is 13.2 Å². The van der Waals surface area contributed by atoms with Gasteiger partial charge in [-0.15, -0.1) is 0 Å². The fourth-order valence-electron chi connectivity index (χ4n) is 4.44. The highest BCUT2D eigenvalue weighted by molar-refractivity contribution is 7.92. The number of rotatable bonds is 3.